The van der Waals surface area contributed by atoms with Crippen LogP contribution in [-0.4, -0.2) is 45.5 Å². The van der Waals surface area contributed by atoms with E-state index < -0.39 is 12.1 Å². The molecule has 1 fully saturated rings. The molecule has 2 amide bonds. The normalized spacial score (nSPS) is 23.1. The molecule has 1 aliphatic rings. The molecule has 2 unspecified atom stereocenters. The van der Waals surface area contributed by atoms with Crippen LogP contribution in [0.1, 0.15) is 38.4 Å². The molecule has 2 rings (SSSR count). The first kappa shape index (κ1) is 14.5. The predicted molar refractivity (Wildman–Crippen MR) is 70.8 cm³/mol. The zero-order chi connectivity index (χ0) is 14.7. The van der Waals surface area contributed by atoms with Gasteiger partial charge in [-0.3, -0.25) is 9.59 Å². The first-order valence-corrected chi connectivity index (χ1v) is 6.93. The number of carbonyl (C=O) groups is 2. The third-order valence-corrected chi connectivity index (χ3v) is 3.47. The van der Waals surface area contributed by atoms with Crippen LogP contribution in [0.25, 0.3) is 0 Å². The van der Waals surface area contributed by atoms with E-state index in [1.165, 1.54) is 0 Å². The van der Waals surface area contributed by atoms with Crippen LogP contribution in [0.2, 0.25) is 0 Å². The van der Waals surface area contributed by atoms with Crippen molar-refractivity contribution >= 4 is 11.8 Å². The van der Waals surface area contributed by atoms with Crippen molar-refractivity contribution in [3.8, 4) is 0 Å². The molecule has 7 heteroatoms. The molecule has 2 atom stereocenters. The van der Waals surface area contributed by atoms with Gasteiger partial charge >= 0.3 is 0 Å². The van der Waals surface area contributed by atoms with Gasteiger partial charge in [-0.15, -0.1) is 0 Å². The average molecular weight is 280 g/mol. The van der Waals surface area contributed by atoms with Gasteiger partial charge in [0.1, 0.15) is 12.1 Å². The number of rotatable bonds is 5. The molecule has 1 N–H and O–H groups in total. The Morgan fingerprint density at radius 2 is 2.15 bits per heavy atom. The first-order chi connectivity index (χ1) is 9.52. The molecule has 1 aromatic rings. The van der Waals surface area contributed by atoms with Gasteiger partial charge in [-0.05, 0) is 13.3 Å². The summed E-state index contributed by atoms with van der Waals surface area (Å²) in [6.07, 6.45) is 2.00. The minimum absolute atomic E-state index is 0.0285. The summed E-state index contributed by atoms with van der Waals surface area (Å²) in [5.74, 6) is 0.923. The summed E-state index contributed by atoms with van der Waals surface area (Å²) in [6.45, 7) is 5.86. The molecular formula is C13H20N4O3. The van der Waals surface area contributed by atoms with Crippen molar-refractivity contribution in [2.24, 2.45) is 0 Å². The Hall–Kier alpha value is -1.92. The molecule has 1 aromatic heterocycles. The fourth-order valence-corrected chi connectivity index (χ4v) is 2.34. The standard InChI is InChI=1S/C13H20N4O3/c1-4-5-10-13(19)17(8(2)12(18)15-10)7-6-11-14-9(3)20-16-11/h8,10H,4-7H2,1-3H3,(H,15,18). The van der Waals surface area contributed by atoms with Gasteiger partial charge in [0, 0.05) is 19.9 Å². The number of nitrogens with one attached hydrogen (secondary N) is 1. The molecule has 0 aliphatic carbocycles. The number of nitrogens with zero attached hydrogens (tertiary/aromatic N) is 3. The number of piperazine rings is 1. The van der Waals surface area contributed by atoms with Gasteiger partial charge in [-0.1, -0.05) is 18.5 Å². The Balaban J connectivity index is 2.03. The number of carbonyl (C=O) groups excluding carboxylic acids is 2. The summed E-state index contributed by atoms with van der Waals surface area (Å²) in [4.78, 5) is 29.9. The van der Waals surface area contributed by atoms with Crippen LogP contribution in [0, 0.1) is 6.92 Å². The quantitative estimate of drug-likeness (QED) is 0.845. The summed E-state index contributed by atoms with van der Waals surface area (Å²) in [6, 6.07) is -0.862. The van der Waals surface area contributed by atoms with Crippen molar-refractivity contribution < 1.29 is 14.1 Å². The van der Waals surface area contributed by atoms with Crippen molar-refractivity contribution in [1.82, 2.24) is 20.4 Å². The summed E-state index contributed by atoms with van der Waals surface area (Å²) in [5.41, 5.74) is 0. The highest BCUT2D eigenvalue weighted by Crippen LogP contribution is 2.14. The Bertz CT molecular complexity index is 500. The second-order valence-corrected chi connectivity index (χ2v) is 5.04. The van der Waals surface area contributed by atoms with Crippen molar-refractivity contribution in [2.45, 2.75) is 52.1 Å². The fraction of sp³-hybridized carbons (Fsp3) is 0.692. The zero-order valence-corrected chi connectivity index (χ0v) is 12.0. The lowest BCUT2D eigenvalue weighted by Gasteiger charge is -2.37. The van der Waals surface area contributed by atoms with Gasteiger partial charge in [0.2, 0.25) is 17.7 Å². The Kier molecular flexibility index (Phi) is 4.36. The molecule has 1 saturated heterocycles. The van der Waals surface area contributed by atoms with Gasteiger partial charge in [0.05, 0.1) is 0 Å². The number of amides is 2. The van der Waals surface area contributed by atoms with Gasteiger partial charge in [-0.2, -0.15) is 4.98 Å². The molecule has 7 nitrogen and oxygen atoms in total. The number of aryl methyl sites for hydroxylation is 1. The first-order valence-electron chi connectivity index (χ1n) is 6.93. The highest BCUT2D eigenvalue weighted by atomic mass is 16.5. The van der Waals surface area contributed by atoms with Gasteiger partial charge in [-0.25, -0.2) is 0 Å². The molecule has 0 bridgehead atoms. The Morgan fingerprint density at radius 3 is 2.75 bits per heavy atom. The average Bonchev–Trinajstić information content (AvgIpc) is 2.82. The highest BCUT2D eigenvalue weighted by molar-refractivity contribution is 5.96. The van der Waals surface area contributed by atoms with E-state index in [0.29, 0.717) is 31.1 Å². The lowest BCUT2D eigenvalue weighted by atomic mass is 10.0. The zero-order valence-electron chi connectivity index (χ0n) is 12.0. The van der Waals surface area contributed by atoms with E-state index in [9.17, 15) is 9.59 Å². The highest BCUT2D eigenvalue weighted by Gasteiger charge is 2.37. The lowest BCUT2D eigenvalue weighted by molar-refractivity contribution is -0.148. The molecule has 0 saturated carbocycles. The van der Waals surface area contributed by atoms with E-state index in [2.05, 4.69) is 15.5 Å². The summed E-state index contributed by atoms with van der Waals surface area (Å²) in [7, 11) is 0. The van der Waals surface area contributed by atoms with Crippen LogP contribution in [0.3, 0.4) is 0 Å². The van der Waals surface area contributed by atoms with Crippen molar-refractivity contribution in [3.63, 3.8) is 0 Å². The largest absolute Gasteiger partial charge is 0.343 e. The third-order valence-electron chi connectivity index (χ3n) is 3.47. The van der Waals surface area contributed by atoms with Crippen LogP contribution in [-0.2, 0) is 16.0 Å². The van der Waals surface area contributed by atoms with E-state index in [1.54, 1.807) is 18.7 Å². The Labute approximate surface area is 117 Å². The molecule has 0 radical (unpaired) electrons. The van der Waals surface area contributed by atoms with Gasteiger partial charge in [0.25, 0.3) is 0 Å². The minimum Gasteiger partial charge on any atom is -0.343 e. The van der Waals surface area contributed by atoms with Gasteiger partial charge < -0.3 is 14.7 Å². The van der Waals surface area contributed by atoms with E-state index >= 15 is 0 Å². The molecule has 20 heavy (non-hydrogen) atoms. The third kappa shape index (κ3) is 2.97. The van der Waals surface area contributed by atoms with Gasteiger partial charge in [0.15, 0.2) is 5.82 Å². The topological polar surface area (TPSA) is 88.3 Å². The van der Waals surface area contributed by atoms with Crippen molar-refractivity contribution in [1.29, 1.82) is 0 Å². The van der Waals surface area contributed by atoms with Crippen molar-refractivity contribution in [2.75, 3.05) is 6.54 Å². The summed E-state index contributed by atoms with van der Waals surface area (Å²) < 4.78 is 4.90. The predicted octanol–water partition coefficient (Wildman–Crippen LogP) is 0.436. The molecule has 0 spiro atoms. The second kappa shape index (κ2) is 6.02. The maximum Gasteiger partial charge on any atom is 0.245 e. The number of aromatic nitrogens is 2. The number of hydrogen-bond acceptors (Lipinski definition) is 5. The smallest absolute Gasteiger partial charge is 0.245 e. The van der Waals surface area contributed by atoms with Crippen LogP contribution in [0.5, 0.6) is 0 Å². The fourth-order valence-electron chi connectivity index (χ4n) is 2.34. The van der Waals surface area contributed by atoms with E-state index in [1.807, 2.05) is 6.92 Å². The number of hydrogen-bond donors (Lipinski definition) is 1. The molecule has 110 valence electrons. The van der Waals surface area contributed by atoms with E-state index in [0.717, 1.165) is 6.42 Å². The molecule has 1 aliphatic heterocycles. The van der Waals surface area contributed by atoms with Crippen LogP contribution in [0.4, 0.5) is 0 Å². The van der Waals surface area contributed by atoms with Crippen LogP contribution in [0.15, 0.2) is 4.52 Å². The SMILES string of the molecule is CCCC1NC(=O)C(C)N(CCc2noc(C)n2)C1=O. The van der Waals surface area contributed by atoms with E-state index in [4.69, 9.17) is 4.52 Å². The monoisotopic (exact) mass is 280 g/mol. The minimum atomic E-state index is -0.455. The lowest BCUT2D eigenvalue weighted by Crippen LogP contribution is -2.62. The molecular weight excluding hydrogens is 260 g/mol. The Morgan fingerprint density at radius 1 is 1.40 bits per heavy atom. The maximum absolute atomic E-state index is 12.3. The summed E-state index contributed by atoms with van der Waals surface area (Å²) >= 11 is 0. The maximum atomic E-state index is 12.3. The van der Waals surface area contributed by atoms with Crippen LogP contribution < -0.4 is 5.32 Å². The van der Waals surface area contributed by atoms with E-state index in [-0.39, 0.29) is 11.8 Å². The van der Waals surface area contributed by atoms with Crippen LogP contribution >= 0.6 is 0 Å². The second-order valence-electron chi connectivity index (χ2n) is 5.04. The van der Waals surface area contributed by atoms with Crippen molar-refractivity contribution in [3.05, 3.63) is 11.7 Å². The summed E-state index contributed by atoms with van der Waals surface area (Å²) in [5, 5.41) is 6.57. The molecule has 2 heterocycles. The molecule has 0 aromatic carbocycles.